The summed E-state index contributed by atoms with van der Waals surface area (Å²) in [7, 11) is 1.60. The van der Waals surface area contributed by atoms with Crippen LogP contribution in [0.25, 0.3) is 10.8 Å². The van der Waals surface area contributed by atoms with E-state index in [2.05, 4.69) is 10.6 Å². The minimum Gasteiger partial charge on any atom is -0.382 e. The molecule has 0 saturated carbocycles. The molecule has 2 aromatic rings. The van der Waals surface area contributed by atoms with Crippen molar-refractivity contribution in [3.8, 4) is 0 Å². The first-order valence-corrected chi connectivity index (χ1v) is 6.40. The number of amides is 2. The number of nitrogens with one attached hydrogen (secondary N) is 2. The van der Waals surface area contributed by atoms with Gasteiger partial charge in [0.1, 0.15) is 6.73 Å². The van der Waals surface area contributed by atoms with E-state index in [-0.39, 0.29) is 12.8 Å². The summed E-state index contributed by atoms with van der Waals surface area (Å²) in [5, 5.41) is 7.53. The predicted octanol–water partition coefficient (Wildman–Crippen LogP) is 2.58. The monoisotopic (exact) mass is 274 g/mol. The second-order valence-electron chi connectivity index (χ2n) is 4.20. The maximum Gasteiger partial charge on any atom is 0.321 e. The first-order valence-electron chi connectivity index (χ1n) is 6.40. The summed E-state index contributed by atoms with van der Waals surface area (Å²) in [5.74, 6) is 0. The van der Waals surface area contributed by atoms with Gasteiger partial charge >= 0.3 is 6.03 Å². The molecule has 0 spiro atoms. The zero-order valence-corrected chi connectivity index (χ0v) is 11.4. The molecule has 0 aliphatic heterocycles. The SMILES string of the molecule is COCCOCNC(=O)Nc1cccc2ccccc12. The molecule has 5 heteroatoms. The van der Waals surface area contributed by atoms with Crippen LogP contribution in [0.5, 0.6) is 0 Å². The Morgan fingerprint density at radius 2 is 1.90 bits per heavy atom. The fourth-order valence-electron chi connectivity index (χ4n) is 1.83. The van der Waals surface area contributed by atoms with Crippen molar-refractivity contribution in [2.75, 3.05) is 32.4 Å². The van der Waals surface area contributed by atoms with Crippen molar-refractivity contribution >= 4 is 22.5 Å². The van der Waals surface area contributed by atoms with Crippen molar-refractivity contribution in [3.63, 3.8) is 0 Å². The fraction of sp³-hybridized carbons (Fsp3) is 0.267. The fourth-order valence-corrected chi connectivity index (χ4v) is 1.83. The molecular weight excluding hydrogens is 256 g/mol. The Labute approximate surface area is 117 Å². The van der Waals surface area contributed by atoms with Crippen molar-refractivity contribution in [2.45, 2.75) is 0 Å². The van der Waals surface area contributed by atoms with E-state index in [1.165, 1.54) is 0 Å². The largest absolute Gasteiger partial charge is 0.382 e. The number of benzene rings is 2. The van der Waals surface area contributed by atoms with Gasteiger partial charge in [0.2, 0.25) is 0 Å². The van der Waals surface area contributed by atoms with E-state index >= 15 is 0 Å². The summed E-state index contributed by atoms with van der Waals surface area (Å²) in [4.78, 5) is 11.8. The summed E-state index contributed by atoms with van der Waals surface area (Å²) in [5.41, 5.74) is 0.775. The van der Waals surface area contributed by atoms with Gasteiger partial charge < -0.3 is 20.1 Å². The number of urea groups is 1. The van der Waals surface area contributed by atoms with Crippen LogP contribution in [-0.4, -0.2) is 33.1 Å². The number of carbonyl (C=O) groups is 1. The van der Waals surface area contributed by atoms with E-state index < -0.39 is 0 Å². The van der Waals surface area contributed by atoms with Gasteiger partial charge in [0.25, 0.3) is 0 Å². The van der Waals surface area contributed by atoms with Gasteiger partial charge in [0.15, 0.2) is 0 Å². The summed E-state index contributed by atoms with van der Waals surface area (Å²) < 4.78 is 10.0. The number of carbonyl (C=O) groups excluding carboxylic acids is 1. The average Bonchev–Trinajstić information content (AvgIpc) is 2.47. The van der Waals surface area contributed by atoms with E-state index in [9.17, 15) is 4.79 Å². The third-order valence-electron chi connectivity index (χ3n) is 2.80. The number of methoxy groups -OCH3 is 1. The number of ether oxygens (including phenoxy) is 2. The third kappa shape index (κ3) is 3.94. The summed E-state index contributed by atoms with van der Waals surface area (Å²) in [6.45, 7) is 1.11. The Morgan fingerprint density at radius 3 is 2.75 bits per heavy atom. The van der Waals surface area contributed by atoms with Gasteiger partial charge in [-0.05, 0) is 11.5 Å². The quantitative estimate of drug-likeness (QED) is 0.628. The Hall–Kier alpha value is -2.11. The van der Waals surface area contributed by atoms with Crippen LogP contribution in [0, 0.1) is 0 Å². The number of anilines is 1. The zero-order chi connectivity index (χ0) is 14.2. The summed E-state index contributed by atoms with van der Waals surface area (Å²) in [6, 6.07) is 13.4. The maximum atomic E-state index is 11.8. The van der Waals surface area contributed by atoms with Gasteiger partial charge in [-0.3, -0.25) is 0 Å². The second-order valence-corrected chi connectivity index (χ2v) is 4.20. The van der Waals surface area contributed by atoms with Crippen LogP contribution in [0.4, 0.5) is 10.5 Å². The Bertz CT molecular complexity index is 567. The van der Waals surface area contributed by atoms with Crippen LogP contribution in [0.2, 0.25) is 0 Å². The van der Waals surface area contributed by atoms with Crippen molar-refractivity contribution in [1.29, 1.82) is 0 Å². The lowest BCUT2D eigenvalue weighted by Gasteiger charge is -2.10. The van der Waals surface area contributed by atoms with E-state index in [0.717, 1.165) is 16.5 Å². The smallest absolute Gasteiger partial charge is 0.321 e. The molecule has 2 rings (SSSR count). The number of hydrogen-bond donors (Lipinski definition) is 2. The third-order valence-corrected chi connectivity index (χ3v) is 2.80. The van der Waals surface area contributed by atoms with Gasteiger partial charge in [-0.2, -0.15) is 0 Å². The topological polar surface area (TPSA) is 59.6 Å². The molecule has 0 aliphatic carbocycles. The summed E-state index contributed by atoms with van der Waals surface area (Å²) >= 11 is 0. The minimum atomic E-state index is -0.293. The molecule has 0 saturated heterocycles. The molecule has 0 radical (unpaired) electrons. The first kappa shape index (κ1) is 14.3. The highest BCUT2D eigenvalue weighted by Crippen LogP contribution is 2.22. The molecule has 5 nitrogen and oxygen atoms in total. The molecule has 0 fully saturated rings. The number of hydrogen-bond acceptors (Lipinski definition) is 3. The van der Waals surface area contributed by atoms with Crippen LogP contribution in [0.3, 0.4) is 0 Å². The Morgan fingerprint density at radius 1 is 1.10 bits per heavy atom. The highest BCUT2D eigenvalue weighted by atomic mass is 16.5. The van der Waals surface area contributed by atoms with E-state index in [1.807, 2.05) is 42.5 Å². The van der Waals surface area contributed by atoms with Gasteiger partial charge in [-0.15, -0.1) is 0 Å². The molecule has 0 heterocycles. The van der Waals surface area contributed by atoms with Crippen molar-refractivity contribution in [1.82, 2.24) is 5.32 Å². The van der Waals surface area contributed by atoms with Crippen molar-refractivity contribution < 1.29 is 14.3 Å². The molecule has 2 amide bonds. The molecule has 0 aromatic heterocycles. The van der Waals surface area contributed by atoms with Gasteiger partial charge in [0, 0.05) is 12.5 Å². The van der Waals surface area contributed by atoms with E-state index in [0.29, 0.717) is 13.2 Å². The minimum absolute atomic E-state index is 0.153. The van der Waals surface area contributed by atoms with Crippen LogP contribution in [0.1, 0.15) is 0 Å². The number of fused-ring (bicyclic) bond motifs is 1. The lowest BCUT2D eigenvalue weighted by molar-refractivity contribution is 0.0650. The van der Waals surface area contributed by atoms with Gasteiger partial charge in [0.05, 0.1) is 18.9 Å². The standard InChI is InChI=1S/C15H18N2O3/c1-19-9-10-20-11-16-15(18)17-14-8-4-6-12-5-2-3-7-13(12)14/h2-8H,9-11H2,1H3,(H2,16,17,18). The van der Waals surface area contributed by atoms with E-state index in [1.54, 1.807) is 7.11 Å². The average molecular weight is 274 g/mol. The molecule has 2 N–H and O–H groups in total. The van der Waals surface area contributed by atoms with Crippen molar-refractivity contribution in [2.24, 2.45) is 0 Å². The highest BCUT2D eigenvalue weighted by Gasteiger charge is 2.04. The molecule has 0 aliphatic rings. The molecule has 0 unspecified atom stereocenters. The van der Waals surface area contributed by atoms with Crippen LogP contribution in [0.15, 0.2) is 42.5 Å². The maximum absolute atomic E-state index is 11.8. The Balaban J connectivity index is 1.90. The molecule has 2 aromatic carbocycles. The van der Waals surface area contributed by atoms with Gasteiger partial charge in [-0.25, -0.2) is 4.79 Å². The van der Waals surface area contributed by atoms with Crippen LogP contribution in [-0.2, 0) is 9.47 Å². The normalized spacial score (nSPS) is 10.4. The highest BCUT2D eigenvalue weighted by molar-refractivity contribution is 6.01. The molecule has 0 atom stereocenters. The molecule has 106 valence electrons. The zero-order valence-electron chi connectivity index (χ0n) is 11.4. The van der Waals surface area contributed by atoms with Crippen LogP contribution >= 0.6 is 0 Å². The predicted molar refractivity (Wildman–Crippen MR) is 78.8 cm³/mol. The summed E-state index contributed by atoms with van der Waals surface area (Å²) in [6.07, 6.45) is 0. The van der Waals surface area contributed by atoms with Crippen molar-refractivity contribution in [3.05, 3.63) is 42.5 Å². The molecule has 0 bridgehead atoms. The van der Waals surface area contributed by atoms with Crippen LogP contribution < -0.4 is 10.6 Å². The Kier molecular flexibility index (Phi) is 5.34. The lowest BCUT2D eigenvalue weighted by Crippen LogP contribution is -2.31. The second kappa shape index (κ2) is 7.47. The van der Waals surface area contributed by atoms with Gasteiger partial charge in [-0.1, -0.05) is 36.4 Å². The van der Waals surface area contributed by atoms with E-state index in [4.69, 9.17) is 9.47 Å². The molecular formula is C15H18N2O3. The molecule has 20 heavy (non-hydrogen) atoms. The first-order chi connectivity index (χ1) is 9.81. The number of rotatable bonds is 6. The lowest BCUT2D eigenvalue weighted by atomic mass is 10.1.